The summed E-state index contributed by atoms with van der Waals surface area (Å²) in [6, 6.07) is 7.73. The molecule has 0 aliphatic carbocycles. The third-order valence-electron chi connectivity index (χ3n) is 5.17. The van der Waals surface area contributed by atoms with Crippen molar-refractivity contribution in [3.8, 4) is 0 Å². The van der Waals surface area contributed by atoms with Crippen molar-refractivity contribution in [1.82, 2.24) is 9.97 Å². The van der Waals surface area contributed by atoms with Crippen LogP contribution in [0.4, 0.5) is 17.3 Å². The van der Waals surface area contributed by atoms with Crippen molar-refractivity contribution in [2.75, 3.05) is 55.0 Å². The summed E-state index contributed by atoms with van der Waals surface area (Å²) >= 11 is 0. The smallest absolute Gasteiger partial charge is 0.255 e. The molecule has 2 heterocycles. The molecule has 8 heteroatoms. The summed E-state index contributed by atoms with van der Waals surface area (Å²) in [5.74, 6) is 0.443. The molecule has 1 aliphatic heterocycles. The lowest BCUT2D eigenvalue weighted by atomic mass is 10.1. The Bertz CT molecular complexity index is 905. The molecule has 1 aromatic heterocycles. The summed E-state index contributed by atoms with van der Waals surface area (Å²) in [5, 5.41) is 2.91. The van der Waals surface area contributed by atoms with Gasteiger partial charge < -0.3 is 19.9 Å². The van der Waals surface area contributed by atoms with Gasteiger partial charge in [0.25, 0.3) is 5.56 Å². The lowest BCUT2D eigenvalue weighted by molar-refractivity contribution is -0.116. The molecular formula is C21H29N5O3. The zero-order valence-corrected chi connectivity index (χ0v) is 17.3. The second kappa shape index (κ2) is 9.56. The Kier molecular flexibility index (Phi) is 6.87. The summed E-state index contributed by atoms with van der Waals surface area (Å²) in [5.41, 5.74) is 2.82. The van der Waals surface area contributed by atoms with Crippen LogP contribution in [0.1, 0.15) is 24.6 Å². The highest BCUT2D eigenvalue weighted by molar-refractivity contribution is 5.91. The molecule has 2 N–H and O–H groups in total. The van der Waals surface area contributed by atoms with Crippen LogP contribution in [-0.4, -0.2) is 55.8 Å². The Morgan fingerprint density at radius 3 is 2.79 bits per heavy atom. The van der Waals surface area contributed by atoms with Crippen molar-refractivity contribution >= 4 is 23.2 Å². The molecule has 8 nitrogen and oxygen atoms in total. The molecule has 1 aliphatic rings. The van der Waals surface area contributed by atoms with E-state index in [0.717, 1.165) is 17.9 Å². The molecule has 0 spiro atoms. The summed E-state index contributed by atoms with van der Waals surface area (Å²) in [6.45, 7) is 7.43. The number of morpholine rings is 1. The number of nitrogens with zero attached hydrogens (tertiary/aromatic N) is 3. The van der Waals surface area contributed by atoms with Crippen LogP contribution in [0.15, 0.2) is 29.1 Å². The van der Waals surface area contributed by atoms with Crippen LogP contribution >= 0.6 is 0 Å². The van der Waals surface area contributed by atoms with Crippen LogP contribution in [-0.2, 0) is 16.0 Å². The first-order valence-corrected chi connectivity index (χ1v) is 10.0. The number of hydrogen-bond donors (Lipinski definition) is 2. The zero-order chi connectivity index (χ0) is 20.8. The van der Waals surface area contributed by atoms with Gasteiger partial charge in [0.1, 0.15) is 0 Å². The fraction of sp³-hybridized carbons (Fsp3) is 0.476. The topological polar surface area (TPSA) is 90.6 Å². The van der Waals surface area contributed by atoms with Crippen molar-refractivity contribution < 1.29 is 9.53 Å². The lowest BCUT2D eigenvalue weighted by Crippen LogP contribution is -2.38. The van der Waals surface area contributed by atoms with E-state index in [0.29, 0.717) is 49.9 Å². The van der Waals surface area contributed by atoms with E-state index in [1.807, 2.05) is 43.1 Å². The second-order valence-corrected chi connectivity index (χ2v) is 7.17. The first kappa shape index (κ1) is 20.9. The van der Waals surface area contributed by atoms with E-state index in [1.54, 1.807) is 0 Å². The minimum Gasteiger partial charge on any atom is -0.378 e. The Morgan fingerprint density at radius 1 is 1.34 bits per heavy atom. The molecule has 2 aromatic rings. The first-order chi connectivity index (χ1) is 14.0. The minimum atomic E-state index is -0.182. The minimum absolute atomic E-state index is 0.127. The molecule has 0 atom stereocenters. The zero-order valence-electron chi connectivity index (χ0n) is 17.3. The molecule has 1 aromatic carbocycles. The summed E-state index contributed by atoms with van der Waals surface area (Å²) in [4.78, 5) is 36.4. The number of hydrogen-bond acceptors (Lipinski definition) is 6. The number of H-pyrrole nitrogens is 1. The highest BCUT2D eigenvalue weighted by Gasteiger charge is 2.17. The summed E-state index contributed by atoms with van der Waals surface area (Å²) in [6.07, 6.45) is 0.564. The van der Waals surface area contributed by atoms with Gasteiger partial charge in [-0.3, -0.25) is 14.6 Å². The monoisotopic (exact) mass is 399 g/mol. The van der Waals surface area contributed by atoms with Crippen LogP contribution in [0.5, 0.6) is 0 Å². The average molecular weight is 399 g/mol. The molecule has 156 valence electrons. The number of aryl methyl sites for hydroxylation is 1. The molecule has 1 amide bonds. The van der Waals surface area contributed by atoms with Gasteiger partial charge in [-0.15, -0.1) is 0 Å². The van der Waals surface area contributed by atoms with E-state index in [9.17, 15) is 9.59 Å². The number of aromatic nitrogens is 2. The van der Waals surface area contributed by atoms with Crippen molar-refractivity contribution in [2.45, 2.75) is 26.7 Å². The van der Waals surface area contributed by atoms with Crippen LogP contribution in [0.2, 0.25) is 0 Å². The van der Waals surface area contributed by atoms with Crippen LogP contribution < -0.4 is 20.7 Å². The summed E-state index contributed by atoms with van der Waals surface area (Å²) in [7, 11) is 2.00. The number of benzene rings is 1. The second-order valence-electron chi connectivity index (χ2n) is 7.17. The molecule has 29 heavy (non-hydrogen) atoms. The van der Waals surface area contributed by atoms with Crippen LogP contribution in [0.3, 0.4) is 0 Å². The molecule has 1 fully saturated rings. The highest BCUT2D eigenvalue weighted by Crippen LogP contribution is 2.18. The number of carbonyl (C=O) groups is 1. The normalized spacial score (nSPS) is 14.0. The van der Waals surface area contributed by atoms with Gasteiger partial charge in [-0.05, 0) is 38.5 Å². The lowest BCUT2D eigenvalue weighted by Gasteiger charge is -2.27. The number of amides is 1. The highest BCUT2D eigenvalue weighted by atomic mass is 16.5. The molecule has 0 unspecified atom stereocenters. The quantitative estimate of drug-likeness (QED) is 0.740. The number of aromatic amines is 1. The molecule has 0 saturated carbocycles. The molecule has 3 rings (SSSR count). The van der Waals surface area contributed by atoms with E-state index in [1.165, 1.54) is 0 Å². The van der Waals surface area contributed by atoms with Gasteiger partial charge >= 0.3 is 0 Å². The van der Waals surface area contributed by atoms with Crippen LogP contribution in [0, 0.1) is 6.92 Å². The maximum atomic E-state index is 12.5. The molecule has 0 bridgehead atoms. The number of anilines is 3. The molecule has 1 saturated heterocycles. The van der Waals surface area contributed by atoms with E-state index in [2.05, 4.69) is 27.1 Å². The maximum absolute atomic E-state index is 12.5. The third-order valence-corrected chi connectivity index (χ3v) is 5.17. The summed E-state index contributed by atoms with van der Waals surface area (Å²) < 4.78 is 5.34. The van der Waals surface area contributed by atoms with Gasteiger partial charge in [-0.1, -0.05) is 6.07 Å². The van der Waals surface area contributed by atoms with Gasteiger partial charge in [0, 0.05) is 55.7 Å². The average Bonchev–Trinajstić information content (AvgIpc) is 2.73. The van der Waals surface area contributed by atoms with E-state index in [-0.39, 0.29) is 17.9 Å². The van der Waals surface area contributed by atoms with E-state index < -0.39 is 0 Å². The van der Waals surface area contributed by atoms with Crippen LogP contribution in [0.25, 0.3) is 0 Å². The number of nitrogens with one attached hydrogen (secondary N) is 2. The number of carbonyl (C=O) groups excluding carboxylic acids is 1. The van der Waals surface area contributed by atoms with Gasteiger partial charge in [-0.2, -0.15) is 0 Å². The standard InChI is InChI=1S/C21H29N5O3/c1-4-25(3)17-7-5-6-16(14-17)23-19(27)9-8-18-15(2)22-21(24-20(18)28)26-10-12-29-13-11-26/h5-7,14H,4,8-13H2,1-3H3,(H,23,27)(H,22,24,28). The largest absolute Gasteiger partial charge is 0.378 e. The van der Waals surface area contributed by atoms with E-state index in [4.69, 9.17) is 4.74 Å². The Labute approximate surface area is 170 Å². The predicted molar refractivity (Wildman–Crippen MR) is 115 cm³/mol. The van der Waals surface area contributed by atoms with Crippen molar-refractivity contribution in [3.05, 3.63) is 45.9 Å². The van der Waals surface area contributed by atoms with Crippen molar-refractivity contribution in [3.63, 3.8) is 0 Å². The van der Waals surface area contributed by atoms with Gasteiger partial charge in [0.05, 0.1) is 13.2 Å². The van der Waals surface area contributed by atoms with Gasteiger partial charge in [0.15, 0.2) is 0 Å². The first-order valence-electron chi connectivity index (χ1n) is 10.0. The SMILES string of the molecule is CCN(C)c1cccc(NC(=O)CCc2c(C)nc(N3CCOCC3)[nH]c2=O)c1. The molecule has 0 radical (unpaired) electrons. The third kappa shape index (κ3) is 5.35. The van der Waals surface area contributed by atoms with Crippen molar-refractivity contribution in [1.29, 1.82) is 0 Å². The Hall–Kier alpha value is -2.87. The number of rotatable bonds is 7. The maximum Gasteiger partial charge on any atom is 0.255 e. The molecular weight excluding hydrogens is 370 g/mol. The van der Waals surface area contributed by atoms with Gasteiger partial charge in [-0.25, -0.2) is 4.98 Å². The predicted octanol–water partition coefficient (Wildman–Crippen LogP) is 1.94. The Balaban J connectivity index is 1.62. The fourth-order valence-electron chi connectivity index (χ4n) is 3.28. The number of ether oxygens (including phenoxy) is 1. The fourth-order valence-corrected chi connectivity index (χ4v) is 3.28. The van der Waals surface area contributed by atoms with Gasteiger partial charge in [0.2, 0.25) is 11.9 Å². The Morgan fingerprint density at radius 2 is 2.10 bits per heavy atom. The van der Waals surface area contributed by atoms with E-state index >= 15 is 0 Å². The van der Waals surface area contributed by atoms with Crippen molar-refractivity contribution in [2.24, 2.45) is 0 Å².